The van der Waals surface area contributed by atoms with E-state index in [0.717, 1.165) is 5.92 Å². The molecule has 0 unspecified atom stereocenters. The van der Waals surface area contributed by atoms with Crippen molar-refractivity contribution in [2.75, 3.05) is 5.75 Å². The lowest BCUT2D eigenvalue weighted by molar-refractivity contribution is 0.452. The third kappa shape index (κ3) is 5.27. The highest BCUT2D eigenvalue weighted by atomic mass is 32.2. The summed E-state index contributed by atoms with van der Waals surface area (Å²) < 4.78 is 0. The third-order valence-corrected chi connectivity index (χ3v) is 4.02. The average molecular weight is 222 g/mol. The van der Waals surface area contributed by atoms with Crippen LogP contribution in [-0.4, -0.2) is 5.75 Å². The SMILES string of the molecule is CCC(CC)CCCSc1ccccc1. The minimum atomic E-state index is 0.946. The van der Waals surface area contributed by atoms with Crippen LogP contribution in [0.1, 0.15) is 39.5 Å². The molecule has 0 heterocycles. The van der Waals surface area contributed by atoms with Crippen molar-refractivity contribution in [3.63, 3.8) is 0 Å². The Balaban J connectivity index is 2.12. The quantitative estimate of drug-likeness (QED) is 0.462. The molecule has 0 aromatic heterocycles. The summed E-state index contributed by atoms with van der Waals surface area (Å²) in [5, 5.41) is 0. The first-order chi connectivity index (χ1) is 7.36. The second kappa shape index (κ2) is 7.81. The van der Waals surface area contributed by atoms with Gasteiger partial charge in [-0.3, -0.25) is 0 Å². The number of thioether (sulfide) groups is 1. The van der Waals surface area contributed by atoms with Gasteiger partial charge in [-0.25, -0.2) is 0 Å². The number of benzene rings is 1. The molecule has 0 saturated carbocycles. The largest absolute Gasteiger partial charge is 0.126 e. The molecule has 0 bridgehead atoms. The molecule has 0 aliphatic heterocycles. The summed E-state index contributed by atoms with van der Waals surface area (Å²) in [6, 6.07) is 10.7. The monoisotopic (exact) mass is 222 g/mol. The van der Waals surface area contributed by atoms with E-state index in [-0.39, 0.29) is 0 Å². The molecule has 15 heavy (non-hydrogen) atoms. The van der Waals surface area contributed by atoms with Gasteiger partial charge in [-0.2, -0.15) is 0 Å². The maximum absolute atomic E-state index is 2.30. The van der Waals surface area contributed by atoms with E-state index in [9.17, 15) is 0 Å². The molecule has 0 atom stereocenters. The van der Waals surface area contributed by atoms with Crippen LogP contribution < -0.4 is 0 Å². The fraction of sp³-hybridized carbons (Fsp3) is 0.571. The molecular weight excluding hydrogens is 200 g/mol. The second-order valence-corrected chi connectivity index (χ2v) is 5.15. The van der Waals surface area contributed by atoms with Crippen molar-refractivity contribution >= 4 is 11.8 Å². The van der Waals surface area contributed by atoms with Crippen molar-refractivity contribution in [2.45, 2.75) is 44.4 Å². The molecule has 0 aliphatic rings. The summed E-state index contributed by atoms with van der Waals surface area (Å²) in [4.78, 5) is 1.40. The highest BCUT2D eigenvalue weighted by Crippen LogP contribution is 2.21. The van der Waals surface area contributed by atoms with E-state index in [1.807, 2.05) is 11.8 Å². The van der Waals surface area contributed by atoms with Gasteiger partial charge in [0.05, 0.1) is 0 Å². The van der Waals surface area contributed by atoms with Crippen molar-refractivity contribution < 1.29 is 0 Å². The van der Waals surface area contributed by atoms with E-state index in [4.69, 9.17) is 0 Å². The first kappa shape index (κ1) is 12.6. The van der Waals surface area contributed by atoms with Crippen molar-refractivity contribution in [3.05, 3.63) is 30.3 Å². The number of rotatable bonds is 7. The number of hydrogen-bond acceptors (Lipinski definition) is 1. The van der Waals surface area contributed by atoms with E-state index >= 15 is 0 Å². The zero-order valence-corrected chi connectivity index (χ0v) is 10.7. The van der Waals surface area contributed by atoms with Gasteiger partial charge in [0.2, 0.25) is 0 Å². The Hall–Kier alpha value is -0.430. The second-order valence-electron chi connectivity index (χ2n) is 3.99. The van der Waals surface area contributed by atoms with Gasteiger partial charge < -0.3 is 0 Å². The molecule has 1 rings (SSSR count). The summed E-state index contributed by atoms with van der Waals surface area (Å²) in [5.74, 6) is 2.21. The highest BCUT2D eigenvalue weighted by molar-refractivity contribution is 7.99. The normalized spacial score (nSPS) is 10.9. The molecule has 0 aliphatic carbocycles. The maximum Gasteiger partial charge on any atom is 0.00719 e. The molecule has 0 nitrogen and oxygen atoms in total. The van der Waals surface area contributed by atoms with Crippen LogP contribution in [-0.2, 0) is 0 Å². The lowest BCUT2D eigenvalue weighted by Gasteiger charge is -2.11. The molecule has 0 saturated heterocycles. The zero-order chi connectivity index (χ0) is 10.9. The first-order valence-corrected chi connectivity index (χ1v) is 7.03. The average Bonchev–Trinajstić information content (AvgIpc) is 2.31. The van der Waals surface area contributed by atoms with E-state index in [1.54, 1.807) is 0 Å². The van der Waals surface area contributed by atoms with Crippen LogP contribution in [0.3, 0.4) is 0 Å². The Kier molecular flexibility index (Phi) is 6.58. The summed E-state index contributed by atoms with van der Waals surface area (Å²) in [7, 11) is 0. The van der Waals surface area contributed by atoms with Crippen molar-refractivity contribution in [3.8, 4) is 0 Å². The zero-order valence-electron chi connectivity index (χ0n) is 9.91. The molecule has 1 aromatic carbocycles. The van der Waals surface area contributed by atoms with Gasteiger partial charge in [-0.1, -0.05) is 44.9 Å². The predicted octanol–water partition coefficient (Wildman–Crippen LogP) is 5.00. The summed E-state index contributed by atoms with van der Waals surface area (Å²) in [6.07, 6.45) is 5.43. The third-order valence-electron chi connectivity index (χ3n) is 2.92. The van der Waals surface area contributed by atoms with Crippen LogP contribution in [0.25, 0.3) is 0 Å². The maximum atomic E-state index is 2.30. The van der Waals surface area contributed by atoms with Gasteiger partial charge in [-0.05, 0) is 36.6 Å². The molecule has 0 N–H and O–H groups in total. The minimum absolute atomic E-state index is 0.946. The molecule has 0 radical (unpaired) electrons. The minimum Gasteiger partial charge on any atom is -0.126 e. The van der Waals surface area contributed by atoms with Crippen LogP contribution in [0.5, 0.6) is 0 Å². The first-order valence-electron chi connectivity index (χ1n) is 6.04. The summed E-state index contributed by atoms with van der Waals surface area (Å²) in [6.45, 7) is 4.61. The van der Waals surface area contributed by atoms with Gasteiger partial charge in [-0.15, -0.1) is 11.8 Å². The standard InChI is InChI=1S/C14H22S/c1-3-13(4-2)9-8-12-15-14-10-6-5-7-11-14/h5-7,10-11,13H,3-4,8-9,12H2,1-2H3. The van der Waals surface area contributed by atoms with Gasteiger partial charge in [0, 0.05) is 4.90 Å². The van der Waals surface area contributed by atoms with E-state index in [2.05, 4.69) is 44.2 Å². The Morgan fingerprint density at radius 1 is 1.07 bits per heavy atom. The summed E-state index contributed by atoms with van der Waals surface area (Å²) in [5.41, 5.74) is 0. The highest BCUT2D eigenvalue weighted by Gasteiger charge is 2.02. The topological polar surface area (TPSA) is 0 Å². The predicted molar refractivity (Wildman–Crippen MR) is 70.5 cm³/mol. The van der Waals surface area contributed by atoms with Gasteiger partial charge in [0.1, 0.15) is 0 Å². The van der Waals surface area contributed by atoms with Crippen molar-refractivity contribution in [1.29, 1.82) is 0 Å². The van der Waals surface area contributed by atoms with Gasteiger partial charge in [0.25, 0.3) is 0 Å². The molecule has 1 heteroatoms. The Morgan fingerprint density at radius 3 is 2.33 bits per heavy atom. The van der Waals surface area contributed by atoms with Crippen LogP contribution in [0.4, 0.5) is 0 Å². The van der Waals surface area contributed by atoms with Crippen LogP contribution in [0.2, 0.25) is 0 Å². The Labute approximate surface area is 98.5 Å². The van der Waals surface area contributed by atoms with Crippen molar-refractivity contribution in [1.82, 2.24) is 0 Å². The smallest absolute Gasteiger partial charge is 0.00719 e. The fourth-order valence-electron chi connectivity index (χ4n) is 1.78. The van der Waals surface area contributed by atoms with Gasteiger partial charge in [0.15, 0.2) is 0 Å². The lowest BCUT2D eigenvalue weighted by atomic mass is 9.98. The molecule has 0 spiro atoms. The van der Waals surface area contributed by atoms with Crippen LogP contribution >= 0.6 is 11.8 Å². The van der Waals surface area contributed by atoms with Crippen LogP contribution in [0.15, 0.2) is 35.2 Å². The molecule has 0 amide bonds. The lowest BCUT2D eigenvalue weighted by Crippen LogP contribution is -1.97. The molecule has 84 valence electrons. The Bertz CT molecular complexity index is 239. The van der Waals surface area contributed by atoms with Crippen molar-refractivity contribution in [2.24, 2.45) is 5.92 Å². The number of hydrogen-bond donors (Lipinski definition) is 0. The van der Waals surface area contributed by atoms with Gasteiger partial charge >= 0.3 is 0 Å². The molecular formula is C14H22S. The summed E-state index contributed by atoms with van der Waals surface area (Å²) >= 11 is 1.98. The van der Waals surface area contributed by atoms with E-state index < -0.39 is 0 Å². The van der Waals surface area contributed by atoms with E-state index in [0.29, 0.717) is 0 Å². The van der Waals surface area contributed by atoms with E-state index in [1.165, 1.54) is 36.3 Å². The molecule has 0 fully saturated rings. The molecule has 1 aromatic rings. The fourth-order valence-corrected chi connectivity index (χ4v) is 2.67. The van der Waals surface area contributed by atoms with Crippen LogP contribution in [0, 0.1) is 5.92 Å². The Morgan fingerprint density at radius 2 is 1.73 bits per heavy atom.